The van der Waals surface area contributed by atoms with Gasteiger partial charge in [-0.25, -0.2) is 12.8 Å². The summed E-state index contributed by atoms with van der Waals surface area (Å²) in [6.07, 6.45) is 0.977. The van der Waals surface area contributed by atoms with Crippen molar-refractivity contribution in [3.8, 4) is 0 Å². The van der Waals surface area contributed by atoms with E-state index in [4.69, 9.17) is 0 Å². The molecule has 8 heteroatoms. The summed E-state index contributed by atoms with van der Waals surface area (Å²) in [5, 5.41) is 3.20. The van der Waals surface area contributed by atoms with Crippen molar-refractivity contribution >= 4 is 15.9 Å². The lowest BCUT2D eigenvalue weighted by atomic mass is 10.0. The van der Waals surface area contributed by atoms with Gasteiger partial charge in [0, 0.05) is 45.7 Å². The highest BCUT2D eigenvalue weighted by molar-refractivity contribution is 7.89. The third-order valence-corrected chi connectivity index (χ3v) is 7.38. The van der Waals surface area contributed by atoms with Gasteiger partial charge in [0.05, 0.1) is 4.90 Å². The number of rotatable bonds is 9. The Hall–Kier alpha value is -2.29. The summed E-state index contributed by atoms with van der Waals surface area (Å²) in [4.78, 5) is 14.6. The van der Waals surface area contributed by atoms with E-state index in [1.807, 2.05) is 12.1 Å². The number of piperazine rings is 1. The molecule has 1 aliphatic heterocycles. The molecule has 0 saturated carbocycles. The Morgan fingerprint density at radius 2 is 1.62 bits per heavy atom. The van der Waals surface area contributed by atoms with Crippen molar-refractivity contribution in [2.24, 2.45) is 5.92 Å². The number of amides is 1. The van der Waals surface area contributed by atoms with Gasteiger partial charge in [-0.15, -0.1) is 0 Å². The second kappa shape index (κ2) is 11.0. The Kier molecular flexibility index (Phi) is 8.39. The van der Waals surface area contributed by atoms with Crippen molar-refractivity contribution in [3.05, 3.63) is 65.5 Å². The fourth-order valence-electron chi connectivity index (χ4n) is 3.79. The van der Waals surface area contributed by atoms with Crippen LogP contribution in [-0.2, 0) is 27.8 Å². The third-order valence-electron chi connectivity index (χ3n) is 5.52. The summed E-state index contributed by atoms with van der Waals surface area (Å²) in [5.74, 6) is 0.0410. The van der Waals surface area contributed by atoms with E-state index < -0.39 is 10.0 Å². The summed E-state index contributed by atoms with van der Waals surface area (Å²) in [6, 6.07) is 12.7. The van der Waals surface area contributed by atoms with Crippen LogP contribution in [0.3, 0.4) is 0 Å². The van der Waals surface area contributed by atoms with E-state index in [0.29, 0.717) is 24.6 Å². The number of nitrogens with one attached hydrogen (secondary N) is 1. The minimum Gasteiger partial charge on any atom is -0.340 e. The molecule has 32 heavy (non-hydrogen) atoms. The normalized spacial score (nSPS) is 14.8. The van der Waals surface area contributed by atoms with Crippen LogP contribution in [0.5, 0.6) is 0 Å². The van der Waals surface area contributed by atoms with E-state index in [1.165, 1.54) is 16.4 Å². The third kappa shape index (κ3) is 6.60. The molecule has 1 aliphatic rings. The van der Waals surface area contributed by atoms with Crippen LogP contribution in [-0.4, -0.2) is 56.3 Å². The van der Waals surface area contributed by atoms with E-state index in [9.17, 15) is 17.6 Å². The number of hydrogen-bond donors (Lipinski definition) is 1. The van der Waals surface area contributed by atoms with Crippen molar-refractivity contribution in [1.82, 2.24) is 14.5 Å². The quantitative estimate of drug-likeness (QED) is 0.623. The molecular weight excluding hydrogens is 429 g/mol. The summed E-state index contributed by atoms with van der Waals surface area (Å²) < 4.78 is 41.5. The van der Waals surface area contributed by atoms with Crippen LogP contribution in [0, 0.1) is 11.7 Å². The predicted octanol–water partition coefficient (Wildman–Crippen LogP) is 3.04. The van der Waals surface area contributed by atoms with Gasteiger partial charge in [0.15, 0.2) is 0 Å². The highest BCUT2D eigenvalue weighted by Crippen LogP contribution is 2.21. The minimum atomic E-state index is -3.82. The van der Waals surface area contributed by atoms with Gasteiger partial charge >= 0.3 is 0 Å². The maximum absolute atomic E-state index is 13.4. The fraction of sp³-hybridized carbons (Fsp3) is 0.458. The Morgan fingerprint density at radius 3 is 2.22 bits per heavy atom. The summed E-state index contributed by atoms with van der Waals surface area (Å²) in [5.41, 5.74) is 1.75. The smallest absolute Gasteiger partial charge is 0.243 e. The average molecular weight is 462 g/mol. The molecule has 2 aromatic rings. The average Bonchev–Trinajstić information content (AvgIpc) is 2.78. The summed E-state index contributed by atoms with van der Waals surface area (Å²) >= 11 is 0. The molecule has 0 unspecified atom stereocenters. The van der Waals surface area contributed by atoms with Crippen molar-refractivity contribution in [2.75, 3.05) is 32.7 Å². The van der Waals surface area contributed by atoms with Crippen LogP contribution in [0.4, 0.5) is 4.39 Å². The van der Waals surface area contributed by atoms with E-state index >= 15 is 0 Å². The molecule has 1 amide bonds. The lowest BCUT2D eigenvalue weighted by Gasteiger charge is -2.29. The molecule has 2 aromatic carbocycles. The number of benzene rings is 2. The Labute approximate surface area is 190 Å². The first-order valence-corrected chi connectivity index (χ1v) is 12.5. The van der Waals surface area contributed by atoms with Crippen LogP contribution in [0.1, 0.15) is 31.4 Å². The highest BCUT2D eigenvalue weighted by atomic mass is 32.2. The number of nitrogens with zero attached hydrogens (tertiary/aromatic N) is 2. The first-order valence-electron chi connectivity index (χ1n) is 11.1. The second-order valence-electron chi connectivity index (χ2n) is 8.59. The van der Waals surface area contributed by atoms with Gasteiger partial charge in [-0.05, 0) is 47.7 Å². The Balaban J connectivity index is 1.79. The predicted molar refractivity (Wildman–Crippen MR) is 123 cm³/mol. The van der Waals surface area contributed by atoms with Crippen LogP contribution in [0.2, 0.25) is 0 Å². The molecule has 0 aliphatic carbocycles. The SMILES string of the molecule is CC(C)Cc1ccc(S(=O)(=O)N(CCC(=O)N2CCNCC2)Cc2ccc(F)cc2)cc1. The van der Waals surface area contributed by atoms with Crippen LogP contribution in [0.15, 0.2) is 53.4 Å². The molecule has 1 fully saturated rings. The van der Waals surface area contributed by atoms with Crippen LogP contribution < -0.4 is 5.32 Å². The van der Waals surface area contributed by atoms with Crippen molar-refractivity contribution in [3.63, 3.8) is 0 Å². The van der Waals surface area contributed by atoms with Gasteiger partial charge in [-0.3, -0.25) is 4.79 Å². The Morgan fingerprint density at radius 1 is 1.03 bits per heavy atom. The number of sulfonamides is 1. The molecule has 6 nitrogen and oxygen atoms in total. The molecule has 3 rings (SSSR count). The van der Waals surface area contributed by atoms with Crippen LogP contribution in [0.25, 0.3) is 0 Å². The molecule has 0 atom stereocenters. The van der Waals surface area contributed by atoms with Crippen molar-refractivity contribution in [2.45, 2.75) is 38.1 Å². The molecule has 1 saturated heterocycles. The number of carbonyl (C=O) groups excluding carboxylic acids is 1. The second-order valence-corrected chi connectivity index (χ2v) is 10.5. The first kappa shape index (κ1) is 24.4. The van der Waals surface area contributed by atoms with Gasteiger partial charge < -0.3 is 10.2 Å². The minimum absolute atomic E-state index is 0.0573. The number of carbonyl (C=O) groups is 1. The lowest BCUT2D eigenvalue weighted by Crippen LogP contribution is -2.47. The van der Waals surface area contributed by atoms with Gasteiger partial charge in [0.2, 0.25) is 15.9 Å². The number of hydrogen-bond acceptors (Lipinski definition) is 4. The van der Waals surface area contributed by atoms with Gasteiger partial charge in [-0.2, -0.15) is 4.31 Å². The summed E-state index contributed by atoms with van der Waals surface area (Å²) in [6.45, 7) is 7.11. The van der Waals surface area contributed by atoms with E-state index in [-0.39, 0.29) is 36.1 Å². The highest BCUT2D eigenvalue weighted by Gasteiger charge is 2.26. The number of halogens is 1. The lowest BCUT2D eigenvalue weighted by molar-refractivity contribution is -0.131. The van der Waals surface area contributed by atoms with Crippen molar-refractivity contribution < 1.29 is 17.6 Å². The fourth-order valence-corrected chi connectivity index (χ4v) is 5.22. The maximum atomic E-state index is 13.4. The molecule has 0 bridgehead atoms. The summed E-state index contributed by atoms with van der Waals surface area (Å²) in [7, 11) is -3.82. The van der Waals surface area contributed by atoms with Crippen LogP contribution >= 0.6 is 0 Å². The van der Waals surface area contributed by atoms with Gasteiger partial charge in [-0.1, -0.05) is 38.1 Å². The zero-order valence-electron chi connectivity index (χ0n) is 18.8. The zero-order chi connectivity index (χ0) is 23.1. The van der Waals surface area contributed by atoms with E-state index in [1.54, 1.807) is 29.2 Å². The molecule has 1 heterocycles. The largest absolute Gasteiger partial charge is 0.340 e. The van der Waals surface area contributed by atoms with Crippen molar-refractivity contribution in [1.29, 1.82) is 0 Å². The molecule has 174 valence electrons. The first-order chi connectivity index (χ1) is 15.3. The molecule has 0 radical (unpaired) electrons. The molecular formula is C24H32FN3O3S. The zero-order valence-corrected chi connectivity index (χ0v) is 19.6. The van der Waals surface area contributed by atoms with Gasteiger partial charge in [0.25, 0.3) is 0 Å². The monoisotopic (exact) mass is 461 g/mol. The van der Waals surface area contributed by atoms with E-state index in [0.717, 1.165) is 25.1 Å². The molecule has 1 N–H and O–H groups in total. The standard InChI is InChI=1S/C24H32FN3O3S/c1-19(2)17-20-5-9-23(10-6-20)32(30,31)28(18-21-3-7-22(25)8-4-21)14-11-24(29)27-15-12-26-13-16-27/h3-10,19,26H,11-18H2,1-2H3. The Bertz CT molecular complexity index is 986. The molecule has 0 spiro atoms. The maximum Gasteiger partial charge on any atom is 0.243 e. The molecule has 0 aromatic heterocycles. The van der Waals surface area contributed by atoms with Gasteiger partial charge in [0.1, 0.15) is 5.82 Å². The topological polar surface area (TPSA) is 69.7 Å². The van der Waals surface area contributed by atoms with E-state index in [2.05, 4.69) is 19.2 Å².